The van der Waals surface area contributed by atoms with Crippen molar-refractivity contribution in [1.29, 1.82) is 0 Å². The summed E-state index contributed by atoms with van der Waals surface area (Å²) in [7, 11) is 0. The smallest absolute Gasteiger partial charge is 0.346 e. The standard InChI is InChI=1S/C17H21FN4O3/c18-13-7-5-12(6-8-13)14(23)10-19-16(24)11-22-17(25)21-9-3-1-2-4-15(21)20-22/h5-8,14,23H,1-4,9-11H2,(H,19,24)/t14-/m1/s1. The Morgan fingerprint density at radius 2 is 2.04 bits per heavy atom. The van der Waals surface area contributed by atoms with Gasteiger partial charge in [0.2, 0.25) is 5.91 Å². The number of fused-ring (bicyclic) bond motifs is 1. The van der Waals surface area contributed by atoms with Gasteiger partial charge in [-0.2, -0.15) is 5.10 Å². The van der Waals surface area contributed by atoms with Crippen LogP contribution >= 0.6 is 0 Å². The third-order valence-corrected chi connectivity index (χ3v) is 4.32. The molecule has 0 aliphatic carbocycles. The predicted molar refractivity (Wildman–Crippen MR) is 88.4 cm³/mol. The van der Waals surface area contributed by atoms with E-state index in [4.69, 9.17) is 0 Å². The number of hydrogen-bond acceptors (Lipinski definition) is 4. The summed E-state index contributed by atoms with van der Waals surface area (Å²) in [5.74, 6) is -0.0722. The molecule has 0 radical (unpaired) electrons. The van der Waals surface area contributed by atoms with Crippen molar-refractivity contribution < 1.29 is 14.3 Å². The van der Waals surface area contributed by atoms with Crippen LogP contribution in [0.1, 0.15) is 36.8 Å². The molecule has 8 heteroatoms. The van der Waals surface area contributed by atoms with E-state index in [-0.39, 0.29) is 24.6 Å². The predicted octanol–water partition coefficient (Wildman–Crippen LogP) is 0.760. The average molecular weight is 348 g/mol. The Morgan fingerprint density at radius 3 is 2.80 bits per heavy atom. The lowest BCUT2D eigenvalue weighted by molar-refractivity contribution is -0.122. The molecule has 1 atom stereocenters. The number of aromatic nitrogens is 3. The number of rotatable bonds is 5. The van der Waals surface area contributed by atoms with Crippen molar-refractivity contribution in [3.63, 3.8) is 0 Å². The number of carbonyl (C=O) groups excluding carboxylic acids is 1. The number of halogens is 1. The fraction of sp³-hybridized carbons (Fsp3) is 0.471. The third kappa shape index (κ3) is 4.14. The summed E-state index contributed by atoms with van der Waals surface area (Å²) < 4.78 is 15.7. The van der Waals surface area contributed by atoms with Crippen LogP contribution in [0.3, 0.4) is 0 Å². The van der Waals surface area contributed by atoms with Crippen LogP contribution in [-0.2, 0) is 24.3 Å². The first-order valence-electron chi connectivity index (χ1n) is 8.41. The van der Waals surface area contributed by atoms with Crippen LogP contribution < -0.4 is 11.0 Å². The van der Waals surface area contributed by atoms with Crippen molar-refractivity contribution in [3.8, 4) is 0 Å². The Kier molecular flexibility index (Phi) is 5.28. The highest BCUT2D eigenvalue weighted by Crippen LogP contribution is 2.12. The van der Waals surface area contributed by atoms with Gasteiger partial charge in [0.05, 0.1) is 6.10 Å². The quantitative estimate of drug-likeness (QED) is 0.835. The summed E-state index contributed by atoms with van der Waals surface area (Å²) in [5, 5.41) is 16.8. The zero-order chi connectivity index (χ0) is 17.8. The molecule has 7 nitrogen and oxygen atoms in total. The zero-order valence-electron chi connectivity index (χ0n) is 13.8. The molecular weight excluding hydrogens is 327 g/mol. The monoisotopic (exact) mass is 348 g/mol. The molecule has 2 heterocycles. The molecule has 1 aromatic carbocycles. The van der Waals surface area contributed by atoms with Crippen molar-refractivity contribution in [1.82, 2.24) is 19.7 Å². The lowest BCUT2D eigenvalue weighted by Gasteiger charge is -2.12. The molecule has 3 rings (SSSR count). The van der Waals surface area contributed by atoms with Crippen molar-refractivity contribution in [2.24, 2.45) is 0 Å². The van der Waals surface area contributed by atoms with Crippen LogP contribution in [0.5, 0.6) is 0 Å². The van der Waals surface area contributed by atoms with Gasteiger partial charge in [0, 0.05) is 19.5 Å². The van der Waals surface area contributed by atoms with E-state index in [9.17, 15) is 19.1 Å². The van der Waals surface area contributed by atoms with Gasteiger partial charge in [-0.05, 0) is 30.5 Å². The third-order valence-electron chi connectivity index (χ3n) is 4.32. The summed E-state index contributed by atoms with van der Waals surface area (Å²) in [6, 6.07) is 5.42. The number of nitrogens with one attached hydrogen (secondary N) is 1. The molecule has 1 amide bonds. The maximum Gasteiger partial charge on any atom is 0.346 e. The van der Waals surface area contributed by atoms with E-state index in [0.29, 0.717) is 12.1 Å². The topological polar surface area (TPSA) is 89.2 Å². The van der Waals surface area contributed by atoms with E-state index in [0.717, 1.165) is 31.5 Å². The second-order valence-electron chi connectivity index (χ2n) is 6.19. The first kappa shape index (κ1) is 17.3. The Labute approximate surface area is 144 Å². The van der Waals surface area contributed by atoms with E-state index in [1.54, 1.807) is 4.57 Å². The number of aliphatic hydroxyl groups excluding tert-OH is 1. The van der Waals surface area contributed by atoms with Gasteiger partial charge in [-0.25, -0.2) is 13.9 Å². The van der Waals surface area contributed by atoms with Crippen LogP contribution in [-0.4, -0.2) is 31.9 Å². The van der Waals surface area contributed by atoms with Gasteiger partial charge in [0.25, 0.3) is 0 Å². The molecule has 2 aromatic rings. The van der Waals surface area contributed by atoms with Crippen LogP contribution in [0, 0.1) is 5.82 Å². The van der Waals surface area contributed by atoms with Crippen LogP contribution in [0.2, 0.25) is 0 Å². The lowest BCUT2D eigenvalue weighted by atomic mass is 10.1. The molecule has 0 bridgehead atoms. The molecular formula is C17H21FN4O3. The number of benzene rings is 1. The van der Waals surface area contributed by atoms with Crippen LogP contribution in [0.4, 0.5) is 4.39 Å². The maximum atomic E-state index is 12.9. The van der Waals surface area contributed by atoms with Crippen molar-refractivity contribution in [2.45, 2.75) is 44.9 Å². The maximum absolute atomic E-state index is 12.9. The lowest BCUT2D eigenvalue weighted by Crippen LogP contribution is -2.35. The minimum absolute atomic E-state index is 0.0210. The minimum atomic E-state index is -0.944. The van der Waals surface area contributed by atoms with Gasteiger partial charge in [-0.3, -0.25) is 9.36 Å². The van der Waals surface area contributed by atoms with Crippen molar-refractivity contribution in [2.75, 3.05) is 6.54 Å². The second kappa shape index (κ2) is 7.60. The molecule has 2 N–H and O–H groups in total. The highest BCUT2D eigenvalue weighted by atomic mass is 19.1. The summed E-state index contributed by atoms with van der Waals surface area (Å²) >= 11 is 0. The Bertz CT molecular complexity index is 797. The van der Waals surface area contributed by atoms with Gasteiger partial charge in [0.15, 0.2) is 0 Å². The summed E-state index contributed by atoms with van der Waals surface area (Å²) in [4.78, 5) is 24.3. The van der Waals surface area contributed by atoms with Gasteiger partial charge < -0.3 is 10.4 Å². The zero-order valence-corrected chi connectivity index (χ0v) is 13.8. The first-order chi connectivity index (χ1) is 12.0. The first-order valence-corrected chi connectivity index (χ1v) is 8.41. The number of amides is 1. The van der Waals surface area contributed by atoms with Gasteiger partial charge in [-0.1, -0.05) is 18.6 Å². The molecule has 134 valence electrons. The molecule has 0 saturated heterocycles. The van der Waals surface area contributed by atoms with E-state index in [1.165, 1.54) is 28.9 Å². The van der Waals surface area contributed by atoms with E-state index >= 15 is 0 Å². The van der Waals surface area contributed by atoms with Crippen molar-refractivity contribution in [3.05, 3.63) is 52.0 Å². The van der Waals surface area contributed by atoms with E-state index < -0.39 is 12.0 Å². The number of hydrogen-bond donors (Lipinski definition) is 2. The summed E-state index contributed by atoms with van der Waals surface area (Å²) in [6.07, 6.45) is 2.80. The molecule has 25 heavy (non-hydrogen) atoms. The van der Waals surface area contributed by atoms with Gasteiger partial charge in [-0.15, -0.1) is 0 Å². The Hall–Kier alpha value is -2.48. The highest BCUT2D eigenvalue weighted by molar-refractivity contribution is 5.75. The Morgan fingerprint density at radius 1 is 1.28 bits per heavy atom. The summed E-state index contributed by atoms with van der Waals surface area (Å²) in [6.45, 7) is 0.431. The molecule has 1 aliphatic heterocycles. The van der Waals surface area contributed by atoms with Gasteiger partial charge >= 0.3 is 5.69 Å². The molecule has 1 aliphatic rings. The van der Waals surface area contributed by atoms with E-state index in [2.05, 4.69) is 10.4 Å². The minimum Gasteiger partial charge on any atom is -0.387 e. The molecule has 1 aromatic heterocycles. The fourth-order valence-electron chi connectivity index (χ4n) is 2.93. The normalized spacial score (nSPS) is 15.3. The number of nitrogens with zero attached hydrogens (tertiary/aromatic N) is 3. The largest absolute Gasteiger partial charge is 0.387 e. The number of aliphatic hydroxyl groups is 1. The molecule has 0 fully saturated rings. The summed E-state index contributed by atoms with van der Waals surface area (Å²) in [5.41, 5.74) is 0.235. The molecule has 0 unspecified atom stereocenters. The van der Waals surface area contributed by atoms with Gasteiger partial charge in [0.1, 0.15) is 18.2 Å². The van der Waals surface area contributed by atoms with E-state index in [1.807, 2.05) is 0 Å². The van der Waals surface area contributed by atoms with Crippen LogP contribution in [0.15, 0.2) is 29.1 Å². The highest BCUT2D eigenvalue weighted by Gasteiger charge is 2.17. The number of carbonyl (C=O) groups is 1. The SMILES string of the molecule is O=C(Cn1nc2n(c1=O)CCCCC2)NC[C@@H](O)c1ccc(F)cc1. The fourth-order valence-corrected chi connectivity index (χ4v) is 2.93. The molecule has 0 saturated carbocycles. The number of aryl methyl sites for hydroxylation is 1. The average Bonchev–Trinajstić information content (AvgIpc) is 2.77. The second-order valence-corrected chi connectivity index (χ2v) is 6.19. The molecule has 0 spiro atoms. The van der Waals surface area contributed by atoms with Crippen LogP contribution in [0.25, 0.3) is 0 Å². The Balaban J connectivity index is 1.58. The van der Waals surface area contributed by atoms with Crippen molar-refractivity contribution >= 4 is 5.91 Å².